The van der Waals surface area contributed by atoms with Crippen molar-refractivity contribution >= 4 is 16.9 Å². The maximum Gasteiger partial charge on any atom is 0.332 e. The average Bonchev–Trinajstić information content (AvgIpc) is 3.25. The minimum atomic E-state index is -0.407. The molecule has 0 unspecified atom stereocenters. The number of hydrogen-bond acceptors (Lipinski definition) is 4. The fraction of sp³-hybridized carbons (Fsp3) is 0.350. The monoisotopic (exact) mass is 381 g/mol. The number of fused-ring (bicyclic) bond motifs is 3. The molecule has 3 heterocycles. The van der Waals surface area contributed by atoms with Crippen molar-refractivity contribution in [3.63, 3.8) is 0 Å². The van der Waals surface area contributed by atoms with Crippen molar-refractivity contribution in [3.05, 3.63) is 56.9 Å². The number of benzene rings is 1. The molecule has 0 bridgehead atoms. The Morgan fingerprint density at radius 3 is 2.43 bits per heavy atom. The first-order valence-electron chi connectivity index (χ1n) is 9.35. The fourth-order valence-corrected chi connectivity index (χ4v) is 3.61. The van der Waals surface area contributed by atoms with Gasteiger partial charge >= 0.3 is 5.69 Å². The highest BCUT2D eigenvalue weighted by molar-refractivity contribution is 5.78. The van der Waals surface area contributed by atoms with Crippen molar-refractivity contribution in [2.45, 2.75) is 26.3 Å². The molecule has 0 saturated carbocycles. The molecule has 8 nitrogen and oxygen atoms in total. The van der Waals surface area contributed by atoms with Gasteiger partial charge in [-0.15, -0.1) is 0 Å². The summed E-state index contributed by atoms with van der Waals surface area (Å²) in [6, 6.07) is 8.28. The molecule has 28 heavy (non-hydrogen) atoms. The molecule has 0 radical (unpaired) electrons. The number of aryl methyl sites for hydroxylation is 3. The van der Waals surface area contributed by atoms with Gasteiger partial charge in [0, 0.05) is 33.4 Å². The second-order valence-electron chi connectivity index (χ2n) is 6.95. The molecule has 0 spiro atoms. The van der Waals surface area contributed by atoms with E-state index in [0.29, 0.717) is 29.9 Å². The van der Waals surface area contributed by atoms with Crippen LogP contribution in [0.25, 0.3) is 28.2 Å². The number of aliphatic hydroxyl groups is 1. The molecule has 0 aliphatic carbocycles. The van der Waals surface area contributed by atoms with Crippen molar-refractivity contribution < 1.29 is 5.11 Å². The third-order valence-electron chi connectivity index (χ3n) is 5.25. The summed E-state index contributed by atoms with van der Waals surface area (Å²) in [7, 11) is 3.08. The van der Waals surface area contributed by atoms with Crippen LogP contribution >= 0.6 is 0 Å². The van der Waals surface area contributed by atoms with E-state index in [4.69, 9.17) is 0 Å². The van der Waals surface area contributed by atoms with Crippen LogP contribution in [0, 0.1) is 0 Å². The SMILES string of the molecule is CCc1ccc(-c2cn3c4c(=O)n(C)c(=O)n(C)c4nc3n2CCCO)cc1. The van der Waals surface area contributed by atoms with Gasteiger partial charge in [-0.25, -0.2) is 4.79 Å². The molecule has 0 fully saturated rings. The second-order valence-corrected chi connectivity index (χ2v) is 6.95. The molecular formula is C20H23N5O3. The molecule has 3 aromatic heterocycles. The van der Waals surface area contributed by atoms with Crippen molar-refractivity contribution in [1.29, 1.82) is 0 Å². The van der Waals surface area contributed by atoms with E-state index in [2.05, 4.69) is 36.2 Å². The van der Waals surface area contributed by atoms with Gasteiger partial charge in [0.15, 0.2) is 11.2 Å². The lowest BCUT2D eigenvalue weighted by atomic mass is 10.1. The zero-order valence-corrected chi connectivity index (χ0v) is 16.2. The molecular weight excluding hydrogens is 358 g/mol. The van der Waals surface area contributed by atoms with E-state index in [9.17, 15) is 14.7 Å². The Morgan fingerprint density at radius 2 is 1.79 bits per heavy atom. The predicted octanol–water partition coefficient (Wildman–Crippen LogP) is 1.30. The normalized spacial score (nSPS) is 11.7. The lowest BCUT2D eigenvalue weighted by Gasteiger charge is -2.09. The second kappa shape index (κ2) is 6.79. The summed E-state index contributed by atoms with van der Waals surface area (Å²) in [4.78, 5) is 29.6. The van der Waals surface area contributed by atoms with Gasteiger partial charge in [0.05, 0.1) is 5.69 Å². The Balaban J connectivity index is 2.05. The van der Waals surface area contributed by atoms with Gasteiger partial charge in [0.2, 0.25) is 5.78 Å². The van der Waals surface area contributed by atoms with Gasteiger partial charge in [0.25, 0.3) is 5.56 Å². The lowest BCUT2D eigenvalue weighted by Crippen LogP contribution is -2.37. The summed E-state index contributed by atoms with van der Waals surface area (Å²) < 4.78 is 6.21. The highest BCUT2D eigenvalue weighted by atomic mass is 16.3. The topological polar surface area (TPSA) is 86.5 Å². The van der Waals surface area contributed by atoms with Gasteiger partial charge in [-0.1, -0.05) is 31.2 Å². The molecule has 0 aliphatic heterocycles. The molecule has 0 atom stereocenters. The highest BCUT2D eigenvalue weighted by Gasteiger charge is 2.20. The van der Waals surface area contributed by atoms with Crippen LogP contribution in [0.4, 0.5) is 0 Å². The van der Waals surface area contributed by atoms with Gasteiger partial charge in [-0.3, -0.25) is 18.3 Å². The van der Waals surface area contributed by atoms with E-state index < -0.39 is 5.69 Å². The number of hydrogen-bond donors (Lipinski definition) is 1. The van der Waals surface area contributed by atoms with Gasteiger partial charge < -0.3 is 9.67 Å². The molecule has 0 amide bonds. The van der Waals surface area contributed by atoms with Crippen molar-refractivity contribution in [1.82, 2.24) is 23.1 Å². The number of aromatic nitrogens is 5. The zero-order valence-electron chi connectivity index (χ0n) is 16.2. The molecule has 4 aromatic rings. The van der Waals surface area contributed by atoms with Crippen molar-refractivity contribution in [2.75, 3.05) is 6.61 Å². The predicted molar refractivity (Wildman–Crippen MR) is 108 cm³/mol. The molecule has 0 saturated heterocycles. The van der Waals surface area contributed by atoms with E-state index in [1.54, 1.807) is 11.4 Å². The molecule has 146 valence electrons. The standard InChI is InChI=1S/C20H23N5O3/c1-4-13-6-8-14(9-7-13)15-12-25-16-17(21-19(25)24(15)10-5-11-26)22(2)20(28)23(3)18(16)27/h6-9,12,26H,4-5,10-11H2,1-3H3. The van der Waals surface area contributed by atoms with E-state index in [1.807, 2.05) is 10.8 Å². The van der Waals surface area contributed by atoms with Crippen LogP contribution in [0.2, 0.25) is 0 Å². The smallest absolute Gasteiger partial charge is 0.332 e. The van der Waals surface area contributed by atoms with Crippen LogP contribution in [-0.2, 0) is 27.1 Å². The van der Waals surface area contributed by atoms with Crippen molar-refractivity contribution in [3.8, 4) is 11.3 Å². The van der Waals surface area contributed by atoms with Crippen molar-refractivity contribution in [2.24, 2.45) is 14.1 Å². The zero-order chi connectivity index (χ0) is 20.0. The molecule has 0 aliphatic rings. The van der Waals surface area contributed by atoms with E-state index in [1.165, 1.54) is 17.2 Å². The summed E-state index contributed by atoms with van der Waals surface area (Å²) >= 11 is 0. The largest absolute Gasteiger partial charge is 0.396 e. The third-order valence-corrected chi connectivity index (χ3v) is 5.25. The third kappa shape index (κ3) is 2.60. The number of rotatable bonds is 5. The Hall–Kier alpha value is -3.13. The van der Waals surface area contributed by atoms with Gasteiger partial charge in [-0.2, -0.15) is 4.98 Å². The highest BCUT2D eigenvalue weighted by Crippen LogP contribution is 2.26. The number of imidazole rings is 2. The number of aliphatic hydroxyl groups excluding tert-OH is 1. The van der Waals surface area contributed by atoms with Crippen LogP contribution in [0.3, 0.4) is 0 Å². The van der Waals surface area contributed by atoms with Crippen LogP contribution in [-0.4, -0.2) is 34.8 Å². The lowest BCUT2D eigenvalue weighted by molar-refractivity contribution is 0.280. The summed E-state index contributed by atoms with van der Waals surface area (Å²) in [5, 5.41) is 9.33. The van der Waals surface area contributed by atoms with E-state index in [-0.39, 0.29) is 12.2 Å². The Morgan fingerprint density at radius 1 is 1.07 bits per heavy atom. The Labute approximate surface area is 160 Å². The summed E-state index contributed by atoms with van der Waals surface area (Å²) in [5.74, 6) is 0.580. The fourth-order valence-electron chi connectivity index (χ4n) is 3.61. The van der Waals surface area contributed by atoms with Gasteiger partial charge in [-0.05, 0) is 24.0 Å². The van der Waals surface area contributed by atoms with E-state index >= 15 is 0 Å². The first-order chi connectivity index (χ1) is 13.5. The van der Waals surface area contributed by atoms with Crippen LogP contribution in [0.5, 0.6) is 0 Å². The van der Waals surface area contributed by atoms with Crippen LogP contribution in [0.15, 0.2) is 40.1 Å². The van der Waals surface area contributed by atoms with Crippen LogP contribution < -0.4 is 11.2 Å². The Bertz CT molecular complexity index is 1290. The molecule has 1 N–H and O–H groups in total. The summed E-state index contributed by atoms with van der Waals surface area (Å²) in [5.41, 5.74) is 3.11. The molecule has 4 rings (SSSR count). The Kier molecular flexibility index (Phi) is 4.43. The quantitative estimate of drug-likeness (QED) is 0.565. The first-order valence-corrected chi connectivity index (χ1v) is 9.35. The molecule has 1 aromatic carbocycles. The minimum absolute atomic E-state index is 0.0546. The van der Waals surface area contributed by atoms with E-state index in [0.717, 1.165) is 22.2 Å². The molecule has 8 heteroatoms. The maximum absolute atomic E-state index is 12.8. The first kappa shape index (κ1) is 18.2. The summed E-state index contributed by atoms with van der Waals surface area (Å²) in [6.45, 7) is 2.72. The summed E-state index contributed by atoms with van der Waals surface area (Å²) in [6.07, 6.45) is 3.41. The minimum Gasteiger partial charge on any atom is -0.396 e. The van der Waals surface area contributed by atoms with Gasteiger partial charge in [0.1, 0.15) is 0 Å². The van der Waals surface area contributed by atoms with Crippen LogP contribution in [0.1, 0.15) is 18.9 Å². The average molecular weight is 381 g/mol. The maximum atomic E-state index is 12.8. The number of nitrogens with zero attached hydrogens (tertiary/aromatic N) is 5.